The average Bonchev–Trinajstić information content (AvgIpc) is 3.05. The third kappa shape index (κ3) is 3.78. The third-order valence-electron chi connectivity index (χ3n) is 5.15. The number of aliphatic hydroxyl groups is 1. The number of halogens is 2. The Morgan fingerprint density at radius 2 is 1.70 bits per heavy atom. The second-order valence-electron chi connectivity index (χ2n) is 7.16. The van der Waals surface area contributed by atoms with Crippen molar-refractivity contribution < 1.29 is 33.5 Å². The minimum Gasteiger partial charge on any atom is -0.508 e. The van der Waals surface area contributed by atoms with Crippen LogP contribution in [0.2, 0.25) is 0 Å². The number of nitrogens with zero attached hydrogens (tertiary/aromatic N) is 2. The Morgan fingerprint density at radius 3 is 2.33 bits per heavy atom. The van der Waals surface area contributed by atoms with E-state index >= 15 is 0 Å². The third-order valence-corrected chi connectivity index (χ3v) is 5.15. The van der Waals surface area contributed by atoms with E-state index in [1.165, 1.54) is 36.4 Å². The predicted octanol–water partition coefficient (Wildman–Crippen LogP) is 4.20. The Morgan fingerprint density at radius 1 is 1.00 bits per heavy atom. The molecule has 0 radical (unpaired) electrons. The number of hydrogen-bond acceptors (Lipinski definition) is 6. The van der Waals surface area contributed by atoms with Crippen LogP contribution in [0.25, 0.3) is 5.76 Å². The highest BCUT2D eigenvalue weighted by atomic mass is 19.1. The average molecular weight is 452 g/mol. The number of aliphatic hydroxyl groups excluding tert-OH is 1. The Balaban J connectivity index is 1.96. The molecule has 1 atom stereocenters. The van der Waals surface area contributed by atoms with Gasteiger partial charge in [-0.15, -0.1) is 0 Å². The van der Waals surface area contributed by atoms with Gasteiger partial charge in [-0.05, 0) is 42.0 Å². The molecule has 0 spiro atoms. The van der Waals surface area contributed by atoms with E-state index in [1.807, 2.05) is 0 Å². The summed E-state index contributed by atoms with van der Waals surface area (Å²) in [4.78, 5) is 36.8. The van der Waals surface area contributed by atoms with Crippen molar-refractivity contribution >= 4 is 28.8 Å². The number of amides is 1. The topological polar surface area (TPSA) is 121 Å². The molecule has 3 aromatic carbocycles. The van der Waals surface area contributed by atoms with Gasteiger partial charge in [-0.1, -0.05) is 12.1 Å². The first kappa shape index (κ1) is 21.6. The fraction of sp³-hybridized carbons (Fsp3) is 0.0435. The zero-order valence-electron chi connectivity index (χ0n) is 16.6. The van der Waals surface area contributed by atoms with Crippen molar-refractivity contribution in [2.45, 2.75) is 6.04 Å². The van der Waals surface area contributed by atoms with Crippen LogP contribution in [0.15, 0.2) is 72.3 Å². The summed E-state index contributed by atoms with van der Waals surface area (Å²) in [7, 11) is 0. The number of hydrogen-bond donors (Lipinski definition) is 2. The number of phenolic OH excluding ortho intramolecular Hbond substituents is 1. The number of anilines is 1. The SMILES string of the molecule is O=C1C(=O)N(c2cc(F)ccc2F)C(c2cccc(O)c2)/C1=C(\O)c1ccc([N+](=O)[O-])cc1. The molecule has 8 nitrogen and oxygen atoms in total. The second-order valence-corrected chi connectivity index (χ2v) is 7.16. The van der Waals surface area contributed by atoms with E-state index in [9.17, 15) is 38.7 Å². The van der Waals surface area contributed by atoms with E-state index in [4.69, 9.17) is 0 Å². The van der Waals surface area contributed by atoms with E-state index in [2.05, 4.69) is 0 Å². The van der Waals surface area contributed by atoms with Gasteiger partial charge in [0.15, 0.2) is 0 Å². The maximum Gasteiger partial charge on any atom is 0.300 e. The van der Waals surface area contributed by atoms with Gasteiger partial charge in [0, 0.05) is 23.8 Å². The molecule has 33 heavy (non-hydrogen) atoms. The first-order valence-corrected chi connectivity index (χ1v) is 9.49. The first-order valence-electron chi connectivity index (χ1n) is 9.49. The van der Waals surface area contributed by atoms with Gasteiger partial charge in [-0.25, -0.2) is 8.78 Å². The molecule has 3 aromatic rings. The maximum atomic E-state index is 14.6. The number of nitro benzene ring substituents is 1. The number of carbonyl (C=O) groups excluding carboxylic acids is 2. The monoisotopic (exact) mass is 452 g/mol. The maximum absolute atomic E-state index is 14.6. The van der Waals surface area contributed by atoms with E-state index in [-0.39, 0.29) is 22.6 Å². The van der Waals surface area contributed by atoms with Crippen molar-refractivity contribution in [1.82, 2.24) is 0 Å². The largest absolute Gasteiger partial charge is 0.508 e. The summed E-state index contributed by atoms with van der Waals surface area (Å²) >= 11 is 0. The predicted molar refractivity (Wildman–Crippen MR) is 112 cm³/mol. The molecule has 1 aliphatic rings. The highest BCUT2D eigenvalue weighted by Gasteiger charge is 2.48. The van der Waals surface area contributed by atoms with Crippen molar-refractivity contribution in [2.75, 3.05) is 4.90 Å². The van der Waals surface area contributed by atoms with Crippen molar-refractivity contribution in [3.8, 4) is 5.75 Å². The molecule has 1 unspecified atom stereocenters. The minimum atomic E-state index is -1.41. The Kier molecular flexibility index (Phi) is 5.34. The van der Waals surface area contributed by atoms with Crippen LogP contribution in [-0.2, 0) is 9.59 Å². The van der Waals surface area contributed by atoms with E-state index < -0.39 is 51.3 Å². The number of non-ortho nitro benzene ring substituents is 1. The van der Waals surface area contributed by atoms with Crippen molar-refractivity contribution in [1.29, 1.82) is 0 Å². The molecule has 1 fully saturated rings. The van der Waals surface area contributed by atoms with Gasteiger partial charge in [0.1, 0.15) is 23.1 Å². The fourth-order valence-electron chi connectivity index (χ4n) is 3.66. The molecule has 166 valence electrons. The van der Waals surface area contributed by atoms with Gasteiger partial charge in [0.2, 0.25) is 0 Å². The normalized spacial score (nSPS) is 17.4. The lowest BCUT2D eigenvalue weighted by Crippen LogP contribution is -2.30. The molecule has 1 heterocycles. The zero-order chi connectivity index (χ0) is 23.9. The van der Waals surface area contributed by atoms with Gasteiger partial charge >= 0.3 is 0 Å². The van der Waals surface area contributed by atoms with Gasteiger partial charge in [-0.2, -0.15) is 0 Å². The van der Waals surface area contributed by atoms with Gasteiger partial charge in [0.25, 0.3) is 17.4 Å². The number of phenols is 1. The van der Waals surface area contributed by atoms with Crippen LogP contribution in [-0.4, -0.2) is 26.8 Å². The molecule has 4 rings (SSSR count). The van der Waals surface area contributed by atoms with Gasteiger partial charge in [0.05, 0.1) is 22.2 Å². The molecule has 0 aromatic heterocycles. The summed E-state index contributed by atoms with van der Waals surface area (Å²) in [5, 5.41) is 31.7. The summed E-state index contributed by atoms with van der Waals surface area (Å²) in [5.74, 6) is -5.15. The zero-order valence-corrected chi connectivity index (χ0v) is 16.6. The Hall–Kier alpha value is -4.60. The van der Waals surface area contributed by atoms with Crippen LogP contribution in [0.3, 0.4) is 0 Å². The second kappa shape index (κ2) is 8.15. The number of carbonyl (C=O) groups is 2. The summed E-state index contributed by atoms with van der Waals surface area (Å²) in [6.45, 7) is 0. The van der Waals surface area contributed by atoms with Crippen molar-refractivity contribution in [3.63, 3.8) is 0 Å². The summed E-state index contributed by atoms with van der Waals surface area (Å²) in [6, 6.07) is 10.9. The number of ketones is 1. The van der Waals surface area contributed by atoms with E-state index in [1.54, 1.807) is 0 Å². The standard InChI is InChI=1S/C23H14F2N2O6/c24-14-6-9-17(25)18(11-14)26-20(13-2-1-3-16(28)10-13)19(22(30)23(26)31)21(29)12-4-7-15(8-5-12)27(32)33/h1-11,20,28-29H/b21-19+. The minimum absolute atomic E-state index is 0.0107. The summed E-state index contributed by atoms with van der Waals surface area (Å²) in [5.41, 5.74) is -1.13. The van der Waals surface area contributed by atoms with E-state index in [0.29, 0.717) is 4.90 Å². The molecule has 1 amide bonds. The molecular formula is C23H14F2N2O6. The number of aromatic hydroxyl groups is 1. The van der Waals surface area contributed by atoms with Gasteiger partial charge in [-0.3, -0.25) is 24.6 Å². The quantitative estimate of drug-likeness (QED) is 0.201. The summed E-state index contributed by atoms with van der Waals surface area (Å²) < 4.78 is 28.5. The lowest BCUT2D eigenvalue weighted by atomic mass is 9.95. The van der Waals surface area contributed by atoms with Crippen molar-refractivity contribution in [3.05, 3.63) is 105 Å². The van der Waals surface area contributed by atoms with Crippen LogP contribution < -0.4 is 4.90 Å². The molecule has 1 aliphatic heterocycles. The molecule has 0 saturated carbocycles. The lowest BCUT2D eigenvalue weighted by Gasteiger charge is -2.26. The number of benzene rings is 3. The van der Waals surface area contributed by atoms with Gasteiger partial charge < -0.3 is 10.2 Å². The molecule has 0 bridgehead atoms. The molecule has 10 heteroatoms. The Bertz CT molecular complexity index is 1340. The Labute approximate surface area is 184 Å². The molecule has 2 N–H and O–H groups in total. The van der Waals surface area contributed by atoms with Crippen LogP contribution in [0.4, 0.5) is 20.2 Å². The highest BCUT2D eigenvalue weighted by Crippen LogP contribution is 2.43. The van der Waals surface area contributed by atoms with Crippen molar-refractivity contribution in [2.24, 2.45) is 0 Å². The smallest absolute Gasteiger partial charge is 0.300 e. The van der Waals surface area contributed by atoms with Crippen LogP contribution >= 0.6 is 0 Å². The molecular weight excluding hydrogens is 438 g/mol. The van der Waals surface area contributed by atoms with Crippen LogP contribution in [0, 0.1) is 21.7 Å². The highest BCUT2D eigenvalue weighted by molar-refractivity contribution is 6.51. The summed E-state index contributed by atoms with van der Waals surface area (Å²) in [6.07, 6.45) is 0. The van der Waals surface area contributed by atoms with Crippen LogP contribution in [0.5, 0.6) is 5.75 Å². The molecule has 0 aliphatic carbocycles. The number of rotatable bonds is 4. The molecule has 1 saturated heterocycles. The van der Waals surface area contributed by atoms with Crippen LogP contribution in [0.1, 0.15) is 17.2 Å². The fourth-order valence-corrected chi connectivity index (χ4v) is 3.66. The van der Waals surface area contributed by atoms with E-state index in [0.717, 1.165) is 30.3 Å². The number of nitro groups is 1. The number of Topliss-reactive ketones (excluding diaryl/α,β-unsaturated/α-hetero) is 1. The first-order chi connectivity index (χ1) is 15.7. The lowest BCUT2D eigenvalue weighted by molar-refractivity contribution is -0.384.